The van der Waals surface area contributed by atoms with Crippen LogP contribution in [0.1, 0.15) is 12.0 Å². The molecule has 1 heterocycles. The predicted molar refractivity (Wildman–Crippen MR) is 62.0 cm³/mol. The third kappa shape index (κ3) is 3.63. The average molecular weight is 291 g/mol. The molecule has 2 rings (SSSR count). The van der Waals surface area contributed by atoms with Crippen LogP contribution in [0, 0.1) is 0 Å². The number of hydrogen-bond acceptors (Lipinski definition) is 4. The number of rotatable bonds is 3. The smallest absolute Gasteiger partial charge is 0.446 e. The fourth-order valence-corrected chi connectivity index (χ4v) is 2.07. The Morgan fingerprint density at radius 1 is 1.37 bits per heavy atom. The Labute approximate surface area is 110 Å². The average Bonchev–Trinajstić information content (AvgIpc) is 2.77. The first-order valence-electron chi connectivity index (χ1n) is 5.17. The molecule has 102 valence electrons. The van der Waals surface area contributed by atoms with Crippen LogP contribution in [0.15, 0.2) is 34.3 Å². The van der Waals surface area contributed by atoms with Crippen molar-refractivity contribution in [3.05, 3.63) is 29.8 Å². The molecular formula is C11H8F3NO3S. The number of benzene rings is 1. The van der Waals surface area contributed by atoms with Crippen molar-refractivity contribution in [3.63, 3.8) is 0 Å². The van der Waals surface area contributed by atoms with Gasteiger partial charge in [-0.15, -0.1) is 0 Å². The minimum Gasteiger partial charge on any atom is -0.478 e. The standard InChI is InChI=1S/C11H8F3NO3S/c12-11(13,14)19-7-3-1-6(2-4-7)8-5-9(10(16)17)18-15-8/h1-4,9H,5H2,(H,16,17). The molecule has 1 aromatic carbocycles. The highest BCUT2D eigenvalue weighted by Crippen LogP contribution is 2.36. The Morgan fingerprint density at radius 2 is 2.00 bits per heavy atom. The van der Waals surface area contributed by atoms with E-state index in [1.165, 1.54) is 24.3 Å². The highest BCUT2D eigenvalue weighted by Gasteiger charge is 2.30. The summed E-state index contributed by atoms with van der Waals surface area (Å²) in [6.07, 6.45) is -0.930. The molecule has 1 unspecified atom stereocenters. The molecule has 0 aliphatic carbocycles. The zero-order chi connectivity index (χ0) is 14.0. The van der Waals surface area contributed by atoms with Crippen LogP contribution < -0.4 is 0 Å². The minimum atomic E-state index is -4.33. The first kappa shape index (κ1) is 13.7. The third-order valence-corrected chi connectivity index (χ3v) is 3.10. The fourth-order valence-electron chi connectivity index (χ4n) is 1.53. The predicted octanol–water partition coefficient (Wildman–Crippen LogP) is 2.88. The number of aliphatic carboxylic acids is 1. The van der Waals surface area contributed by atoms with Gasteiger partial charge in [0.05, 0.1) is 5.71 Å². The van der Waals surface area contributed by atoms with Crippen LogP contribution in [0.4, 0.5) is 13.2 Å². The van der Waals surface area contributed by atoms with Gasteiger partial charge in [0.15, 0.2) is 0 Å². The Balaban J connectivity index is 2.06. The number of halogens is 3. The van der Waals surface area contributed by atoms with E-state index in [4.69, 9.17) is 9.94 Å². The number of alkyl halides is 3. The van der Waals surface area contributed by atoms with Gasteiger partial charge in [-0.2, -0.15) is 13.2 Å². The van der Waals surface area contributed by atoms with E-state index in [0.29, 0.717) is 11.3 Å². The number of carboxylic acids is 1. The number of nitrogens with zero attached hydrogens (tertiary/aromatic N) is 1. The monoisotopic (exact) mass is 291 g/mol. The lowest BCUT2D eigenvalue weighted by Gasteiger charge is -2.06. The van der Waals surface area contributed by atoms with E-state index < -0.39 is 17.6 Å². The maximum Gasteiger partial charge on any atom is 0.446 e. The van der Waals surface area contributed by atoms with Crippen LogP contribution >= 0.6 is 11.8 Å². The third-order valence-electron chi connectivity index (χ3n) is 2.37. The summed E-state index contributed by atoms with van der Waals surface area (Å²) in [5.41, 5.74) is -3.37. The second-order valence-corrected chi connectivity index (χ2v) is 4.89. The quantitative estimate of drug-likeness (QED) is 0.870. The Bertz CT molecular complexity index is 513. The molecule has 0 bridgehead atoms. The molecule has 0 radical (unpaired) electrons. The molecular weight excluding hydrogens is 283 g/mol. The molecule has 1 atom stereocenters. The highest BCUT2D eigenvalue weighted by atomic mass is 32.2. The number of hydrogen-bond donors (Lipinski definition) is 1. The molecule has 8 heteroatoms. The van der Waals surface area contributed by atoms with Gasteiger partial charge in [-0.3, -0.25) is 0 Å². The summed E-state index contributed by atoms with van der Waals surface area (Å²) in [5.74, 6) is -1.12. The van der Waals surface area contributed by atoms with Crippen molar-refractivity contribution in [1.29, 1.82) is 0 Å². The molecule has 0 fully saturated rings. The summed E-state index contributed by atoms with van der Waals surface area (Å²) in [7, 11) is 0. The lowest BCUT2D eigenvalue weighted by atomic mass is 10.1. The molecule has 4 nitrogen and oxygen atoms in total. The minimum absolute atomic E-state index is 0.0607. The van der Waals surface area contributed by atoms with E-state index in [2.05, 4.69) is 5.16 Å². The first-order valence-corrected chi connectivity index (χ1v) is 5.98. The van der Waals surface area contributed by atoms with Gasteiger partial charge in [-0.1, -0.05) is 17.3 Å². The summed E-state index contributed by atoms with van der Waals surface area (Å²) in [5, 5.41) is 12.3. The molecule has 1 aliphatic rings. The van der Waals surface area contributed by atoms with E-state index in [9.17, 15) is 18.0 Å². The number of carboxylic acid groups (broad SMARTS) is 1. The van der Waals surface area contributed by atoms with E-state index >= 15 is 0 Å². The zero-order valence-corrected chi connectivity index (χ0v) is 10.2. The van der Waals surface area contributed by atoms with Crippen LogP contribution in [-0.4, -0.2) is 28.4 Å². The molecule has 1 N–H and O–H groups in total. The van der Waals surface area contributed by atoms with Gasteiger partial charge >= 0.3 is 11.5 Å². The van der Waals surface area contributed by atoms with E-state index in [1.54, 1.807) is 0 Å². The van der Waals surface area contributed by atoms with Crippen LogP contribution in [0.3, 0.4) is 0 Å². The summed E-state index contributed by atoms with van der Waals surface area (Å²) in [6.45, 7) is 0. The van der Waals surface area contributed by atoms with Crippen molar-refractivity contribution < 1.29 is 27.9 Å². The van der Waals surface area contributed by atoms with Crippen LogP contribution in [0.2, 0.25) is 0 Å². The topological polar surface area (TPSA) is 58.9 Å². The molecule has 0 aromatic heterocycles. The SMILES string of the molecule is O=C(O)C1CC(c2ccc(SC(F)(F)F)cc2)=NO1. The molecule has 1 aromatic rings. The number of thioether (sulfide) groups is 1. The summed E-state index contributed by atoms with van der Waals surface area (Å²) >= 11 is -0.208. The molecule has 0 saturated carbocycles. The van der Waals surface area contributed by atoms with Crippen molar-refractivity contribution in [3.8, 4) is 0 Å². The van der Waals surface area contributed by atoms with Gasteiger partial charge in [0.25, 0.3) is 0 Å². The fraction of sp³-hybridized carbons (Fsp3) is 0.273. The van der Waals surface area contributed by atoms with Gasteiger partial charge < -0.3 is 9.94 Å². The lowest BCUT2D eigenvalue weighted by Crippen LogP contribution is -2.19. The maximum absolute atomic E-state index is 12.1. The molecule has 1 aliphatic heterocycles. The Hall–Kier alpha value is -1.70. The summed E-state index contributed by atoms with van der Waals surface area (Å²) < 4.78 is 36.4. The van der Waals surface area contributed by atoms with Crippen LogP contribution in [-0.2, 0) is 9.63 Å². The van der Waals surface area contributed by atoms with Gasteiger partial charge in [-0.25, -0.2) is 4.79 Å². The lowest BCUT2D eigenvalue weighted by molar-refractivity contribution is -0.148. The van der Waals surface area contributed by atoms with Crippen molar-refractivity contribution in [2.45, 2.75) is 22.9 Å². The second-order valence-electron chi connectivity index (χ2n) is 3.75. The number of carbonyl (C=O) groups is 1. The van der Waals surface area contributed by atoms with Crippen LogP contribution in [0.5, 0.6) is 0 Å². The van der Waals surface area contributed by atoms with Crippen molar-refractivity contribution in [2.24, 2.45) is 5.16 Å². The van der Waals surface area contributed by atoms with Gasteiger partial charge in [-0.05, 0) is 29.5 Å². The maximum atomic E-state index is 12.1. The van der Waals surface area contributed by atoms with Crippen molar-refractivity contribution in [2.75, 3.05) is 0 Å². The molecule has 0 saturated heterocycles. The summed E-state index contributed by atoms with van der Waals surface area (Å²) in [6, 6.07) is 5.54. The van der Waals surface area contributed by atoms with Gasteiger partial charge in [0.2, 0.25) is 6.10 Å². The normalized spacial score (nSPS) is 18.9. The molecule has 19 heavy (non-hydrogen) atoms. The summed E-state index contributed by atoms with van der Waals surface area (Å²) in [4.78, 5) is 15.4. The highest BCUT2D eigenvalue weighted by molar-refractivity contribution is 8.00. The van der Waals surface area contributed by atoms with Gasteiger partial charge in [0.1, 0.15) is 0 Å². The van der Waals surface area contributed by atoms with Gasteiger partial charge in [0, 0.05) is 11.3 Å². The zero-order valence-electron chi connectivity index (χ0n) is 9.35. The number of oxime groups is 1. The Morgan fingerprint density at radius 3 is 2.47 bits per heavy atom. The molecule has 0 spiro atoms. The second kappa shape index (κ2) is 5.12. The molecule has 0 amide bonds. The Kier molecular flexibility index (Phi) is 3.70. The van der Waals surface area contributed by atoms with Crippen molar-refractivity contribution >= 4 is 23.4 Å². The van der Waals surface area contributed by atoms with Crippen molar-refractivity contribution in [1.82, 2.24) is 0 Å². The van der Waals surface area contributed by atoms with Crippen LogP contribution in [0.25, 0.3) is 0 Å². The van der Waals surface area contributed by atoms with E-state index in [0.717, 1.165) is 0 Å². The van der Waals surface area contributed by atoms with E-state index in [-0.39, 0.29) is 23.1 Å². The first-order chi connectivity index (χ1) is 8.85. The largest absolute Gasteiger partial charge is 0.478 e. The van der Waals surface area contributed by atoms with E-state index in [1.807, 2.05) is 0 Å².